The van der Waals surface area contributed by atoms with E-state index >= 15 is 4.39 Å². The lowest BCUT2D eigenvalue weighted by molar-refractivity contribution is -0.123. The van der Waals surface area contributed by atoms with Crippen molar-refractivity contribution >= 4 is 34.0 Å². The number of aromatic nitrogens is 2. The smallest absolute Gasteiger partial charge is 0.410 e. The third-order valence-electron chi connectivity index (χ3n) is 8.45. The van der Waals surface area contributed by atoms with Crippen LogP contribution in [0.2, 0.25) is 0 Å². The molecule has 13 heteroatoms. The molecule has 0 spiro atoms. The Labute approximate surface area is 306 Å². The van der Waals surface area contributed by atoms with Crippen LogP contribution >= 0.6 is 0 Å². The zero-order valence-corrected chi connectivity index (χ0v) is 30.2. The number of halogens is 4. The van der Waals surface area contributed by atoms with Gasteiger partial charge in [0.15, 0.2) is 6.23 Å². The minimum absolute atomic E-state index is 0.0207. The van der Waals surface area contributed by atoms with E-state index in [0.29, 0.717) is 41.0 Å². The molecule has 0 radical (unpaired) electrons. The Kier molecular flexibility index (Phi) is 12.6. The summed E-state index contributed by atoms with van der Waals surface area (Å²) in [5.41, 5.74) is 1.26. The van der Waals surface area contributed by atoms with Crippen molar-refractivity contribution < 1.29 is 41.4 Å². The Morgan fingerprint density at radius 2 is 1.72 bits per heavy atom. The molecule has 1 saturated heterocycles. The first-order chi connectivity index (χ1) is 25.2. The molecule has 282 valence electrons. The number of likely N-dealkylation sites (N-methyl/N-ethyl adjacent to an activating group) is 1. The van der Waals surface area contributed by atoms with Crippen LogP contribution in [0.3, 0.4) is 0 Å². The molecule has 1 atom stereocenters. The summed E-state index contributed by atoms with van der Waals surface area (Å²) in [6.07, 6.45) is -1.44. The zero-order chi connectivity index (χ0) is 38.2. The van der Waals surface area contributed by atoms with Gasteiger partial charge in [0.2, 0.25) is 11.9 Å². The quantitative estimate of drug-likeness (QED) is 0.0889. The summed E-state index contributed by atoms with van der Waals surface area (Å²) < 4.78 is 77.0. The predicted molar refractivity (Wildman–Crippen MR) is 195 cm³/mol. The Balaban J connectivity index is 1.47. The van der Waals surface area contributed by atoms with Crippen molar-refractivity contribution in [2.24, 2.45) is 0 Å². The van der Waals surface area contributed by atoms with Gasteiger partial charge in [-0.25, -0.2) is 9.48 Å². The van der Waals surface area contributed by atoms with E-state index < -0.39 is 36.5 Å². The number of allylic oxidation sites excluding steroid dienone is 1. The van der Waals surface area contributed by atoms with Crippen LogP contribution in [0.25, 0.3) is 22.0 Å². The maximum absolute atomic E-state index is 15.4. The number of nitrogens with one attached hydrogen (secondary N) is 1. The largest absolute Gasteiger partial charge is 0.492 e. The third kappa shape index (κ3) is 10.7. The van der Waals surface area contributed by atoms with E-state index in [1.165, 1.54) is 28.8 Å². The fourth-order valence-corrected chi connectivity index (χ4v) is 6.03. The number of ether oxygens (including phenoxy) is 3. The second-order valence-electron chi connectivity index (χ2n) is 13.6. The van der Waals surface area contributed by atoms with Crippen LogP contribution in [0.15, 0.2) is 84.9 Å². The summed E-state index contributed by atoms with van der Waals surface area (Å²) in [4.78, 5) is 25.9. The molecule has 3 aromatic carbocycles. The van der Waals surface area contributed by atoms with Crippen molar-refractivity contribution in [3.05, 3.63) is 108 Å². The Hall–Kier alpha value is -5.17. The molecule has 0 bridgehead atoms. The predicted octanol–water partition coefficient (Wildman–Crippen LogP) is 8.70. The van der Waals surface area contributed by atoms with Crippen LogP contribution < -0.4 is 10.1 Å². The van der Waals surface area contributed by atoms with E-state index in [1.807, 2.05) is 0 Å². The fourth-order valence-electron chi connectivity index (χ4n) is 6.03. The summed E-state index contributed by atoms with van der Waals surface area (Å²) in [6.45, 7) is 6.05. The molecule has 2 heterocycles. The molecule has 5 rings (SSSR count). The minimum Gasteiger partial charge on any atom is -0.492 e. The van der Waals surface area contributed by atoms with Crippen molar-refractivity contribution in [1.82, 2.24) is 20.0 Å². The monoisotopic (exact) mass is 736 g/mol. The van der Waals surface area contributed by atoms with Crippen molar-refractivity contribution in [3.63, 3.8) is 0 Å². The van der Waals surface area contributed by atoms with Crippen LogP contribution in [0.1, 0.15) is 69.4 Å². The summed E-state index contributed by atoms with van der Waals surface area (Å²) in [5, 5.41) is 6.77. The molecule has 0 aliphatic carbocycles. The molecule has 1 unspecified atom stereocenters. The van der Waals surface area contributed by atoms with Gasteiger partial charge in [0.25, 0.3) is 0 Å². The molecule has 53 heavy (non-hydrogen) atoms. The molecule has 9 nitrogen and oxygen atoms in total. The van der Waals surface area contributed by atoms with Gasteiger partial charge in [0, 0.05) is 26.3 Å². The SMILES string of the molecule is CNC(=O)/C=C/CN(CCOc1ccc(/C(=C(/CC(F)(F)F)c2ccccc2)c2ccc3c(c2)c(F)nn3C2CCCCO2)cc1)C(=O)OC(C)(C)C. The van der Waals surface area contributed by atoms with E-state index in [0.717, 1.165) is 12.8 Å². The Bertz CT molecular complexity index is 1930. The second kappa shape index (κ2) is 17.1. The number of hydrogen-bond acceptors (Lipinski definition) is 6. The summed E-state index contributed by atoms with van der Waals surface area (Å²) in [6, 6.07) is 19.8. The number of carbonyl (C=O) groups excluding carboxylic acids is 2. The summed E-state index contributed by atoms with van der Waals surface area (Å²) >= 11 is 0. The molecule has 1 fully saturated rings. The lowest BCUT2D eigenvalue weighted by atomic mass is 9.87. The van der Waals surface area contributed by atoms with Crippen molar-refractivity contribution in [2.75, 3.05) is 33.4 Å². The van der Waals surface area contributed by atoms with Gasteiger partial charge in [-0.3, -0.25) is 4.79 Å². The topological polar surface area (TPSA) is 94.9 Å². The highest BCUT2D eigenvalue weighted by Crippen LogP contribution is 2.41. The van der Waals surface area contributed by atoms with Gasteiger partial charge in [-0.05, 0) is 92.1 Å². The van der Waals surface area contributed by atoms with Crippen LogP contribution in [0.5, 0.6) is 5.75 Å². The number of alkyl halides is 3. The number of carbonyl (C=O) groups is 2. The maximum atomic E-state index is 15.4. The molecule has 1 aliphatic rings. The number of benzene rings is 3. The minimum atomic E-state index is -4.55. The highest BCUT2D eigenvalue weighted by atomic mass is 19.4. The summed E-state index contributed by atoms with van der Waals surface area (Å²) in [7, 11) is 1.50. The zero-order valence-electron chi connectivity index (χ0n) is 30.2. The van der Waals surface area contributed by atoms with Crippen LogP contribution in [0, 0.1) is 5.95 Å². The first-order valence-corrected chi connectivity index (χ1v) is 17.5. The number of amides is 2. The Morgan fingerprint density at radius 3 is 2.36 bits per heavy atom. The molecule has 4 aromatic rings. The lowest BCUT2D eigenvalue weighted by Gasteiger charge is -2.26. The average molecular weight is 737 g/mol. The normalized spacial score (nSPS) is 15.7. The van der Waals surface area contributed by atoms with E-state index in [-0.39, 0.29) is 42.1 Å². The number of nitrogens with zero attached hydrogens (tertiary/aromatic N) is 3. The van der Waals surface area contributed by atoms with Crippen molar-refractivity contribution in [1.29, 1.82) is 0 Å². The van der Waals surface area contributed by atoms with Gasteiger partial charge >= 0.3 is 12.3 Å². The highest BCUT2D eigenvalue weighted by molar-refractivity contribution is 6.00. The van der Waals surface area contributed by atoms with Crippen LogP contribution in [-0.2, 0) is 14.3 Å². The molecule has 1 N–H and O–H groups in total. The van der Waals surface area contributed by atoms with Crippen molar-refractivity contribution in [2.45, 2.75) is 64.5 Å². The molecular weight excluding hydrogens is 692 g/mol. The molecule has 0 saturated carbocycles. The van der Waals surface area contributed by atoms with Crippen LogP contribution in [-0.4, -0.2) is 71.8 Å². The molecule has 1 aromatic heterocycles. The highest BCUT2D eigenvalue weighted by Gasteiger charge is 2.32. The van der Waals surface area contributed by atoms with Gasteiger partial charge in [-0.2, -0.15) is 17.6 Å². The average Bonchev–Trinajstić information content (AvgIpc) is 3.46. The molecule has 2 amide bonds. The van der Waals surface area contributed by atoms with E-state index in [9.17, 15) is 22.8 Å². The van der Waals surface area contributed by atoms with Gasteiger partial charge < -0.3 is 24.4 Å². The van der Waals surface area contributed by atoms with Gasteiger partial charge in [-0.1, -0.05) is 54.6 Å². The number of rotatable bonds is 12. The number of fused-ring (bicyclic) bond motifs is 1. The fraction of sp³-hybridized carbons (Fsp3) is 0.375. The van der Waals surface area contributed by atoms with Gasteiger partial charge in [0.05, 0.1) is 23.9 Å². The Morgan fingerprint density at radius 1 is 1.00 bits per heavy atom. The third-order valence-corrected chi connectivity index (χ3v) is 8.45. The van der Waals surface area contributed by atoms with Crippen LogP contribution in [0.4, 0.5) is 22.4 Å². The summed E-state index contributed by atoms with van der Waals surface area (Å²) in [5.74, 6) is -0.648. The van der Waals surface area contributed by atoms with Gasteiger partial charge in [-0.15, -0.1) is 5.10 Å². The maximum Gasteiger partial charge on any atom is 0.410 e. The van der Waals surface area contributed by atoms with Crippen molar-refractivity contribution in [3.8, 4) is 5.75 Å². The molecular formula is C40H44F4N4O5. The number of hydrogen-bond donors (Lipinski definition) is 1. The first-order valence-electron chi connectivity index (χ1n) is 17.5. The van der Waals surface area contributed by atoms with E-state index in [2.05, 4.69) is 10.4 Å². The standard InChI is InChI=1S/C40H44F4N4O5/c1-39(2,3)53-38(50)47(21-10-13-34(49)45-4)22-24-51-30-18-15-28(16-19-30)36(32(26-40(42,43)44)27-11-6-5-7-12-27)29-17-20-33-31(25-29)37(41)46-48(33)35-14-8-9-23-52-35/h5-7,10-13,15-20,25,35H,8-9,14,21-24,26H2,1-4H3,(H,45,49)/b13-10+,36-32+. The molecule has 1 aliphatic heterocycles. The second-order valence-corrected chi connectivity index (χ2v) is 13.6. The van der Waals surface area contributed by atoms with Gasteiger partial charge in [0.1, 0.15) is 18.0 Å². The first kappa shape index (κ1) is 39.0. The van der Waals surface area contributed by atoms with E-state index in [4.69, 9.17) is 14.2 Å². The van der Waals surface area contributed by atoms with E-state index in [1.54, 1.807) is 93.6 Å². The lowest BCUT2D eigenvalue weighted by Crippen LogP contribution is -2.39.